The van der Waals surface area contributed by atoms with Gasteiger partial charge in [-0.05, 0) is 37.6 Å². The van der Waals surface area contributed by atoms with Crippen LogP contribution in [-0.4, -0.2) is 61.6 Å². The second kappa shape index (κ2) is 7.76. The van der Waals surface area contributed by atoms with E-state index in [4.69, 9.17) is 14.7 Å². The number of carboxylic acids is 1. The molecule has 1 atom stereocenters. The van der Waals surface area contributed by atoms with Gasteiger partial charge in [0, 0.05) is 42.3 Å². The highest BCUT2D eigenvalue weighted by atomic mass is 16.5. The summed E-state index contributed by atoms with van der Waals surface area (Å²) in [5, 5.41) is 14.9. The largest absolute Gasteiger partial charge is 0.478 e. The Bertz CT molecular complexity index is 1310. The van der Waals surface area contributed by atoms with Crippen LogP contribution in [0.25, 0.3) is 33.7 Å². The minimum absolute atomic E-state index is 0.157. The fourth-order valence-electron chi connectivity index (χ4n) is 4.28. The molecule has 2 N–H and O–H groups in total. The summed E-state index contributed by atoms with van der Waals surface area (Å²) in [6, 6.07) is 7.31. The molecule has 1 aliphatic heterocycles. The van der Waals surface area contributed by atoms with Crippen LogP contribution >= 0.6 is 0 Å². The van der Waals surface area contributed by atoms with E-state index in [1.54, 1.807) is 23.0 Å². The number of benzene rings is 1. The zero-order valence-electron chi connectivity index (χ0n) is 18.2. The molecule has 164 valence electrons. The van der Waals surface area contributed by atoms with Crippen LogP contribution < -0.4 is 4.90 Å². The molecular formula is C23H24N6O3. The van der Waals surface area contributed by atoms with Gasteiger partial charge in [0.25, 0.3) is 0 Å². The molecule has 0 spiro atoms. The monoisotopic (exact) mass is 432 g/mol. The predicted octanol–water partition coefficient (Wildman–Crippen LogP) is 3.26. The van der Waals surface area contributed by atoms with Crippen molar-refractivity contribution in [3.8, 4) is 22.8 Å². The maximum atomic E-state index is 11.8. The van der Waals surface area contributed by atoms with E-state index in [0.717, 1.165) is 40.2 Å². The maximum absolute atomic E-state index is 11.8. The van der Waals surface area contributed by atoms with E-state index in [1.165, 1.54) is 0 Å². The van der Waals surface area contributed by atoms with Crippen LogP contribution in [0, 0.1) is 6.92 Å². The van der Waals surface area contributed by atoms with Crippen LogP contribution in [0.15, 0.2) is 36.7 Å². The summed E-state index contributed by atoms with van der Waals surface area (Å²) in [6.07, 6.45) is 3.60. The van der Waals surface area contributed by atoms with Crippen LogP contribution in [0.1, 0.15) is 22.8 Å². The molecule has 9 nitrogen and oxygen atoms in total. The van der Waals surface area contributed by atoms with Gasteiger partial charge in [-0.25, -0.2) is 14.8 Å². The summed E-state index contributed by atoms with van der Waals surface area (Å²) in [6.45, 7) is 6.06. The number of aromatic amines is 1. The van der Waals surface area contributed by atoms with E-state index < -0.39 is 5.97 Å². The number of carboxylic acid groups (broad SMARTS) is 1. The third kappa shape index (κ3) is 3.40. The van der Waals surface area contributed by atoms with Crippen LogP contribution in [0.2, 0.25) is 0 Å². The summed E-state index contributed by atoms with van der Waals surface area (Å²) >= 11 is 0. The summed E-state index contributed by atoms with van der Waals surface area (Å²) in [5.74, 6) is 0.263. The molecule has 9 heteroatoms. The molecule has 4 aromatic rings. The van der Waals surface area contributed by atoms with Gasteiger partial charge in [-0.3, -0.25) is 4.68 Å². The Hall–Kier alpha value is -3.72. The molecule has 0 bridgehead atoms. The van der Waals surface area contributed by atoms with Gasteiger partial charge in [0.1, 0.15) is 5.82 Å². The molecule has 1 fully saturated rings. The number of rotatable bonds is 4. The molecule has 0 unspecified atom stereocenters. The number of nitrogens with one attached hydrogen (secondary N) is 1. The van der Waals surface area contributed by atoms with Crippen molar-refractivity contribution >= 4 is 22.7 Å². The van der Waals surface area contributed by atoms with Crippen molar-refractivity contribution in [1.29, 1.82) is 0 Å². The minimum atomic E-state index is -0.997. The fraction of sp³-hybridized carbons (Fsp3) is 0.304. The third-order valence-electron chi connectivity index (χ3n) is 5.90. The Morgan fingerprint density at radius 3 is 2.84 bits per heavy atom. The molecule has 1 aliphatic rings. The van der Waals surface area contributed by atoms with Crippen LogP contribution in [0.5, 0.6) is 0 Å². The average molecular weight is 432 g/mol. The van der Waals surface area contributed by atoms with Crippen molar-refractivity contribution < 1.29 is 14.6 Å². The molecule has 0 saturated carbocycles. The number of morpholine rings is 1. The molecule has 32 heavy (non-hydrogen) atoms. The van der Waals surface area contributed by atoms with E-state index >= 15 is 0 Å². The zero-order chi connectivity index (χ0) is 22.4. The third-order valence-corrected chi connectivity index (χ3v) is 5.90. The lowest BCUT2D eigenvalue weighted by atomic mass is 10.0. The van der Waals surface area contributed by atoms with Gasteiger partial charge < -0.3 is 19.7 Å². The molecule has 0 amide bonds. The van der Waals surface area contributed by atoms with E-state index in [-0.39, 0.29) is 11.6 Å². The highest BCUT2D eigenvalue weighted by Crippen LogP contribution is 2.33. The van der Waals surface area contributed by atoms with Crippen molar-refractivity contribution in [3.63, 3.8) is 0 Å². The van der Waals surface area contributed by atoms with Crippen LogP contribution in [0.3, 0.4) is 0 Å². The number of nitrogens with zero attached hydrogens (tertiary/aromatic N) is 5. The van der Waals surface area contributed by atoms with Gasteiger partial charge in [0.15, 0.2) is 5.82 Å². The maximum Gasteiger partial charge on any atom is 0.335 e. The summed E-state index contributed by atoms with van der Waals surface area (Å²) in [5.41, 5.74) is 4.23. The molecule has 0 radical (unpaired) electrons. The predicted molar refractivity (Wildman–Crippen MR) is 121 cm³/mol. The number of aromatic nitrogens is 5. The number of anilines is 1. The molecule has 1 aromatic carbocycles. The first kappa shape index (κ1) is 20.2. The Kier molecular flexibility index (Phi) is 4.90. The number of fused-ring (bicyclic) bond motifs is 1. The average Bonchev–Trinajstić information content (AvgIpc) is 3.39. The van der Waals surface area contributed by atoms with Crippen LogP contribution in [-0.2, 0) is 11.8 Å². The first-order chi connectivity index (χ1) is 15.4. The lowest BCUT2D eigenvalue weighted by molar-refractivity contribution is 0.0697. The number of aromatic carboxylic acids is 1. The van der Waals surface area contributed by atoms with Gasteiger partial charge in [-0.1, -0.05) is 0 Å². The van der Waals surface area contributed by atoms with Gasteiger partial charge in [0.05, 0.1) is 42.4 Å². The van der Waals surface area contributed by atoms with Gasteiger partial charge in [0.2, 0.25) is 0 Å². The highest BCUT2D eigenvalue weighted by Gasteiger charge is 2.24. The van der Waals surface area contributed by atoms with Crippen molar-refractivity contribution in [2.75, 3.05) is 24.7 Å². The van der Waals surface area contributed by atoms with Gasteiger partial charge in [-0.15, -0.1) is 0 Å². The summed E-state index contributed by atoms with van der Waals surface area (Å²) < 4.78 is 7.41. The number of H-pyrrole nitrogens is 1. The number of aryl methyl sites for hydroxylation is 2. The van der Waals surface area contributed by atoms with Crippen LogP contribution in [0.4, 0.5) is 5.82 Å². The number of carbonyl (C=O) groups is 1. The van der Waals surface area contributed by atoms with E-state index in [2.05, 4.69) is 21.9 Å². The second-order valence-electron chi connectivity index (χ2n) is 8.12. The van der Waals surface area contributed by atoms with Crippen molar-refractivity contribution in [2.45, 2.75) is 19.9 Å². The van der Waals surface area contributed by atoms with Crippen molar-refractivity contribution in [1.82, 2.24) is 24.7 Å². The number of ether oxygens (including phenoxy) is 1. The van der Waals surface area contributed by atoms with E-state index in [9.17, 15) is 9.90 Å². The Balaban J connectivity index is 1.76. The molecule has 3 aromatic heterocycles. The summed E-state index contributed by atoms with van der Waals surface area (Å²) in [4.78, 5) is 26.9. The number of hydrogen-bond donors (Lipinski definition) is 2. The number of hydrogen-bond acceptors (Lipinski definition) is 6. The molecule has 4 heterocycles. The van der Waals surface area contributed by atoms with Crippen molar-refractivity contribution in [2.24, 2.45) is 7.05 Å². The molecular weight excluding hydrogens is 408 g/mol. The first-order valence-corrected chi connectivity index (χ1v) is 10.5. The topological polar surface area (TPSA) is 109 Å². The fourth-order valence-corrected chi connectivity index (χ4v) is 4.28. The standard InChI is InChI=1S/C23H24N6O3/c1-13-11-25-28(3)21(13)19-10-20(29-6-7-32-12-14(29)2)27-22(26-19)17-8-15(23(30)31)9-18-16(17)4-5-24-18/h4-5,8-11,14,24H,6-7,12H2,1-3H3,(H,30,31)/t14-/m1/s1. The molecule has 0 aliphatic carbocycles. The Morgan fingerprint density at radius 1 is 1.28 bits per heavy atom. The quantitative estimate of drug-likeness (QED) is 0.509. The lowest BCUT2D eigenvalue weighted by Crippen LogP contribution is -2.44. The smallest absolute Gasteiger partial charge is 0.335 e. The Labute approximate surface area is 184 Å². The van der Waals surface area contributed by atoms with Gasteiger partial charge >= 0.3 is 5.97 Å². The van der Waals surface area contributed by atoms with Crippen molar-refractivity contribution in [3.05, 3.63) is 47.8 Å². The Morgan fingerprint density at radius 2 is 2.12 bits per heavy atom. The molecule has 1 saturated heterocycles. The zero-order valence-corrected chi connectivity index (χ0v) is 18.2. The first-order valence-electron chi connectivity index (χ1n) is 10.5. The normalized spacial score (nSPS) is 16.6. The SMILES string of the molecule is Cc1cnn(C)c1-c1cc(N2CCOC[C@H]2C)nc(-c2cc(C(=O)O)cc3[nH]ccc23)n1. The van der Waals surface area contributed by atoms with E-state index in [1.807, 2.05) is 32.3 Å². The van der Waals surface area contributed by atoms with Gasteiger partial charge in [-0.2, -0.15) is 5.10 Å². The summed E-state index contributed by atoms with van der Waals surface area (Å²) in [7, 11) is 1.89. The molecule has 5 rings (SSSR count). The minimum Gasteiger partial charge on any atom is -0.478 e. The lowest BCUT2D eigenvalue weighted by Gasteiger charge is -2.34. The highest BCUT2D eigenvalue weighted by molar-refractivity contribution is 6.00. The second-order valence-corrected chi connectivity index (χ2v) is 8.12. The van der Waals surface area contributed by atoms with E-state index in [0.29, 0.717) is 24.6 Å².